The van der Waals surface area contributed by atoms with Crippen molar-refractivity contribution in [3.63, 3.8) is 0 Å². The van der Waals surface area contributed by atoms with Crippen LogP contribution in [-0.2, 0) is 9.53 Å². The highest BCUT2D eigenvalue weighted by Gasteiger charge is 2.29. The number of esters is 1. The lowest BCUT2D eigenvalue weighted by Gasteiger charge is -2.26. The molecule has 0 aliphatic carbocycles. The molecule has 0 radical (unpaired) electrons. The van der Waals surface area contributed by atoms with Gasteiger partial charge in [0.25, 0.3) is 0 Å². The van der Waals surface area contributed by atoms with Crippen LogP contribution in [0.1, 0.15) is 13.8 Å². The molecule has 2 heterocycles. The number of nitrogens with two attached hydrogens (primary N) is 1. The molecule has 0 bridgehead atoms. The van der Waals surface area contributed by atoms with Gasteiger partial charge >= 0.3 is 12.0 Å². The van der Waals surface area contributed by atoms with Crippen molar-refractivity contribution >= 4 is 23.8 Å². The largest absolute Gasteiger partial charge is 0.463 e. The highest BCUT2D eigenvalue weighted by atomic mass is 32.2. The normalized spacial score (nSPS) is 16.7. The predicted molar refractivity (Wildman–Crippen MR) is 103 cm³/mol. The van der Waals surface area contributed by atoms with E-state index in [2.05, 4.69) is 15.6 Å². The maximum Gasteiger partial charge on any atom is 0.337 e. The molecule has 0 saturated heterocycles. The van der Waals surface area contributed by atoms with Crippen molar-refractivity contribution in [2.24, 2.45) is 0 Å². The first-order valence-electron chi connectivity index (χ1n) is 8.50. The number of ether oxygens (including phenoxy) is 1. The second kappa shape index (κ2) is 8.17. The molecule has 2 amide bonds. The Morgan fingerprint density at radius 3 is 2.81 bits per heavy atom. The number of hydrogen-bond acceptors (Lipinski definition) is 6. The third kappa shape index (κ3) is 4.25. The lowest BCUT2D eigenvalue weighted by atomic mass is 10.1. The Bertz CT molecular complexity index is 878. The van der Waals surface area contributed by atoms with Gasteiger partial charge in [-0.25, -0.2) is 19.2 Å². The molecule has 27 heavy (non-hydrogen) atoms. The molecule has 2 aromatic rings. The zero-order valence-electron chi connectivity index (χ0n) is 15.1. The summed E-state index contributed by atoms with van der Waals surface area (Å²) in [7, 11) is 0. The van der Waals surface area contributed by atoms with Gasteiger partial charge in [0.2, 0.25) is 0 Å². The Hall–Kier alpha value is -2.94. The van der Waals surface area contributed by atoms with Gasteiger partial charge in [-0.2, -0.15) is 0 Å². The van der Waals surface area contributed by atoms with Crippen LogP contribution in [0.25, 0.3) is 11.3 Å². The fraction of sp³-hybridized carbons (Fsp3) is 0.278. The first kappa shape index (κ1) is 18.8. The molecule has 4 N–H and O–H groups in total. The van der Waals surface area contributed by atoms with Gasteiger partial charge in [-0.3, -0.25) is 0 Å². The summed E-state index contributed by atoms with van der Waals surface area (Å²) in [5.74, 6) is 5.89. The van der Waals surface area contributed by atoms with Crippen molar-refractivity contribution in [1.82, 2.24) is 20.3 Å². The Kier molecular flexibility index (Phi) is 5.70. The van der Waals surface area contributed by atoms with E-state index in [0.29, 0.717) is 22.2 Å². The SMILES string of the molecule is CCOC(=O)C1=C(CSc2nc(-c3ccccc3)cn2N)NC(=O)N[C@H]1C. The summed E-state index contributed by atoms with van der Waals surface area (Å²) in [5.41, 5.74) is 2.61. The summed E-state index contributed by atoms with van der Waals surface area (Å²) in [4.78, 5) is 28.6. The van der Waals surface area contributed by atoms with E-state index in [1.807, 2.05) is 30.3 Å². The minimum absolute atomic E-state index is 0.261. The molecule has 1 aromatic carbocycles. The second-order valence-corrected chi connectivity index (χ2v) is 6.85. The first-order valence-corrected chi connectivity index (χ1v) is 9.48. The number of imidazole rings is 1. The Morgan fingerprint density at radius 2 is 2.11 bits per heavy atom. The minimum atomic E-state index is -0.450. The third-order valence-electron chi connectivity index (χ3n) is 3.98. The molecular weight excluding hydrogens is 366 g/mol. The maximum absolute atomic E-state index is 12.3. The highest BCUT2D eigenvalue weighted by Crippen LogP contribution is 2.25. The van der Waals surface area contributed by atoms with E-state index in [1.165, 1.54) is 16.4 Å². The quantitative estimate of drug-likeness (QED) is 0.396. The summed E-state index contributed by atoms with van der Waals surface area (Å²) in [6, 6.07) is 8.90. The molecule has 142 valence electrons. The van der Waals surface area contributed by atoms with Crippen LogP contribution < -0.4 is 16.5 Å². The van der Waals surface area contributed by atoms with Gasteiger partial charge in [-0.05, 0) is 13.8 Å². The van der Waals surface area contributed by atoms with Gasteiger partial charge in [-0.1, -0.05) is 42.1 Å². The van der Waals surface area contributed by atoms with Gasteiger partial charge in [0.15, 0.2) is 5.16 Å². The molecule has 0 fully saturated rings. The smallest absolute Gasteiger partial charge is 0.337 e. The van der Waals surface area contributed by atoms with Crippen LogP contribution >= 0.6 is 11.8 Å². The van der Waals surface area contributed by atoms with Crippen molar-refractivity contribution in [2.45, 2.75) is 25.0 Å². The zero-order valence-corrected chi connectivity index (χ0v) is 15.9. The van der Waals surface area contributed by atoms with Gasteiger partial charge in [0.05, 0.1) is 30.1 Å². The number of rotatable bonds is 6. The van der Waals surface area contributed by atoms with Crippen molar-refractivity contribution in [2.75, 3.05) is 18.2 Å². The first-order chi connectivity index (χ1) is 13.0. The average Bonchev–Trinajstić information content (AvgIpc) is 3.01. The lowest BCUT2D eigenvalue weighted by molar-refractivity contribution is -0.138. The van der Waals surface area contributed by atoms with Crippen molar-refractivity contribution < 1.29 is 14.3 Å². The fourth-order valence-electron chi connectivity index (χ4n) is 2.76. The lowest BCUT2D eigenvalue weighted by Crippen LogP contribution is -2.49. The number of carbonyl (C=O) groups excluding carboxylic acids is 2. The predicted octanol–water partition coefficient (Wildman–Crippen LogP) is 1.87. The van der Waals surface area contributed by atoms with Crippen LogP contribution in [-0.4, -0.2) is 40.1 Å². The molecule has 3 rings (SSSR count). The van der Waals surface area contributed by atoms with E-state index < -0.39 is 12.0 Å². The zero-order chi connectivity index (χ0) is 19.4. The number of nitrogens with zero attached hydrogens (tertiary/aromatic N) is 2. The van der Waals surface area contributed by atoms with Crippen LogP contribution in [0.4, 0.5) is 4.79 Å². The van der Waals surface area contributed by atoms with Crippen molar-refractivity contribution in [3.8, 4) is 11.3 Å². The van der Waals surface area contributed by atoms with E-state index in [1.54, 1.807) is 20.0 Å². The molecule has 1 aromatic heterocycles. The summed E-state index contributed by atoms with van der Waals surface area (Å²) in [6.45, 7) is 3.74. The molecular formula is C18H21N5O3S. The van der Waals surface area contributed by atoms with Crippen LogP contribution in [0, 0.1) is 0 Å². The van der Waals surface area contributed by atoms with Gasteiger partial charge < -0.3 is 21.2 Å². The number of hydrogen-bond donors (Lipinski definition) is 3. The number of carbonyl (C=O) groups is 2. The monoisotopic (exact) mass is 387 g/mol. The van der Waals surface area contributed by atoms with Crippen LogP contribution in [0.15, 0.2) is 53.0 Å². The van der Waals surface area contributed by atoms with Gasteiger partial charge in [0.1, 0.15) is 0 Å². The van der Waals surface area contributed by atoms with E-state index in [4.69, 9.17) is 10.6 Å². The van der Waals surface area contributed by atoms with Gasteiger partial charge in [0, 0.05) is 17.0 Å². The standard InChI is InChI=1S/C18H21N5O3S/c1-3-26-16(24)15-11(2)20-17(25)21-14(15)10-27-18-22-13(9-23(18)19)12-7-5-4-6-8-12/h4-9,11H,3,10,19H2,1-2H3,(H2,20,21,25)/t11-/m0/s1. The molecule has 1 atom stereocenters. The summed E-state index contributed by atoms with van der Waals surface area (Å²) in [5, 5.41) is 5.94. The minimum Gasteiger partial charge on any atom is -0.463 e. The average molecular weight is 387 g/mol. The molecule has 1 aliphatic heterocycles. The van der Waals surface area contributed by atoms with E-state index in [-0.39, 0.29) is 12.6 Å². The number of urea groups is 1. The summed E-state index contributed by atoms with van der Waals surface area (Å²) in [6.07, 6.45) is 1.74. The van der Waals surface area contributed by atoms with Crippen LogP contribution in [0.3, 0.4) is 0 Å². The number of nitrogen functional groups attached to an aromatic ring is 1. The summed E-state index contributed by atoms with van der Waals surface area (Å²) < 4.78 is 6.55. The molecule has 1 aliphatic rings. The molecule has 9 heteroatoms. The molecule has 0 saturated carbocycles. The maximum atomic E-state index is 12.3. The number of nitrogens with one attached hydrogen (secondary N) is 2. The molecule has 8 nitrogen and oxygen atoms in total. The fourth-order valence-corrected chi connectivity index (χ4v) is 3.63. The Morgan fingerprint density at radius 1 is 1.37 bits per heavy atom. The Balaban J connectivity index is 1.81. The van der Waals surface area contributed by atoms with Crippen molar-refractivity contribution in [3.05, 3.63) is 47.8 Å². The number of amides is 2. The highest BCUT2D eigenvalue weighted by molar-refractivity contribution is 7.99. The number of benzene rings is 1. The van der Waals surface area contributed by atoms with Crippen molar-refractivity contribution in [1.29, 1.82) is 0 Å². The molecule has 0 spiro atoms. The number of aromatic nitrogens is 2. The van der Waals surface area contributed by atoms with Crippen LogP contribution in [0.2, 0.25) is 0 Å². The van der Waals surface area contributed by atoms with E-state index in [9.17, 15) is 9.59 Å². The molecule has 0 unspecified atom stereocenters. The van der Waals surface area contributed by atoms with Crippen LogP contribution in [0.5, 0.6) is 0 Å². The van der Waals surface area contributed by atoms with E-state index in [0.717, 1.165) is 11.3 Å². The van der Waals surface area contributed by atoms with Gasteiger partial charge in [-0.15, -0.1) is 0 Å². The number of thioether (sulfide) groups is 1. The Labute approximate surface area is 161 Å². The topological polar surface area (TPSA) is 111 Å². The third-order valence-corrected chi connectivity index (χ3v) is 4.97. The van der Waals surface area contributed by atoms with E-state index >= 15 is 0 Å². The summed E-state index contributed by atoms with van der Waals surface area (Å²) >= 11 is 1.33. The second-order valence-electron chi connectivity index (χ2n) is 5.90.